The number of aromatic nitrogens is 2. The first kappa shape index (κ1) is 22.1. The summed E-state index contributed by atoms with van der Waals surface area (Å²) in [5.74, 6) is 1.08. The number of rotatable bonds is 14. The van der Waals surface area contributed by atoms with Crippen LogP contribution in [0.1, 0.15) is 71.1 Å². The fourth-order valence-electron chi connectivity index (χ4n) is 2.95. The van der Waals surface area contributed by atoms with Gasteiger partial charge in [-0.05, 0) is 38.2 Å². The minimum Gasteiger partial charge on any atom is -0.463 e. The van der Waals surface area contributed by atoms with Crippen LogP contribution in [0.4, 0.5) is 5.82 Å². The second-order valence-electron chi connectivity index (χ2n) is 6.47. The van der Waals surface area contributed by atoms with Gasteiger partial charge in [0.1, 0.15) is 5.82 Å². The number of nitrogens with zero attached hydrogens (tertiary/aromatic N) is 3. The lowest BCUT2D eigenvalue weighted by molar-refractivity contribution is -0.114. The molecular weight excluding hydrogens is 326 g/mol. The van der Waals surface area contributed by atoms with E-state index < -0.39 is 0 Å². The summed E-state index contributed by atoms with van der Waals surface area (Å²) in [4.78, 5) is 23.2. The number of aryl methyl sites for hydroxylation is 1. The van der Waals surface area contributed by atoms with E-state index in [9.17, 15) is 4.79 Å². The van der Waals surface area contributed by atoms with Crippen LogP contribution in [0, 0.1) is 0 Å². The molecule has 5 nitrogen and oxygen atoms in total. The summed E-state index contributed by atoms with van der Waals surface area (Å²) in [7, 11) is 0. The molecule has 1 heterocycles. The maximum absolute atomic E-state index is 11.5. The van der Waals surface area contributed by atoms with Crippen molar-refractivity contribution in [2.45, 2.75) is 72.6 Å². The normalized spacial score (nSPS) is 10.6. The predicted octanol–water partition coefficient (Wildman–Crippen LogP) is 4.53. The van der Waals surface area contributed by atoms with E-state index in [1.54, 1.807) is 0 Å². The van der Waals surface area contributed by atoms with E-state index >= 15 is 0 Å². The highest BCUT2D eigenvalue weighted by atomic mass is 16.5. The van der Waals surface area contributed by atoms with E-state index in [2.05, 4.69) is 44.2 Å². The minimum absolute atomic E-state index is 0.0964. The molecule has 5 heteroatoms. The van der Waals surface area contributed by atoms with Gasteiger partial charge in [0.25, 0.3) is 0 Å². The Balaban J connectivity index is 3.17. The number of allylic oxidation sites excluding steroid dienone is 1. The zero-order valence-corrected chi connectivity index (χ0v) is 17.0. The molecular formula is C21H35N3O2. The first-order valence-corrected chi connectivity index (χ1v) is 10.0. The Morgan fingerprint density at radius 3 is 2.46 bits per heavy atom. The van der Waals surface area contributed by atoms with Crippen LogP contribution in [-0.2, 0) is 17.6 Å². The van der Waals surface area contributed by atoms with Crippen molar-refractivity contribution in [1.82, 2.24) is 9.97 Å². The maximum Gasteiger partial charge on any atom is 0.318 e. The molecule has 0 aliphatic heterocycles. The van der Waals surface area contributed by atoms with Gasteiger partial charge in [-0.2, -0.15) is 9.97 Å². The van der Waals surface area contributed by atoms with Crippen molar-refractivity contribution >= 4 is 11.6 Å². The highest BCUT2D eigenvalue weighted by Gasteiger charge is 2.19. The summed E-state index contributed by atoms with van der Waals surface area (Å²) >= 11 is 0. The molecule has 146 valence electrons. The van der Waals surface area contributed by atoms with E-state index in [4.69, 9.17) is 9.72 Å². The molecule has 0 aromatic carbocycles. The molecule has 0 saturated carbocycles. The lowest BCUT2D eigenvalue weighted by Gasteiger charge is -2.27. The van der Waals surface area contributed by atoms with E-state index in [1.165, 1.54) is 11.6 Å². The summed E-state index contributed by atoms with van der Waals surface area (Å²) < 4.78 is 5.74. The smallest absolute Gasteiger partial charge is 0.318 e. The molecule has 0 fully saturated rings. The Morgan fingerprint density at radius 1 is 1.12 bits per heavy atom. The molecule has 0 spiro atoms. The van der Waals surface area contributed by atoms with Crippen molar-refractivity contribution in [3.05, 3.63) is 23.9 Å². The second kappa shape index (κ2) is 12.4. The number of ketones is 1. The molecule has 0 N–H and O–H groups in total. The third-order valence-corrected chi connectivity index (χ3v) is 4.19. The lowest BCUT2D eigenvalue weighted by atomic mass is 10.1. The molecule has 0 aliphatic carbocycles. The Hall–Kier alpha value is -1.91. The molecule has 1 rings (SSSR count). The Kier molecular flexibility index (Phi) is 10.6. The van der Waals surface area contributed by atoms with Crippen LogP contribution in [0.3, 0.4) is 0 Å². The van der Waals surface area contributed by atoms with Gasteiger partial charge in [0, 0.05) is 25.1 Å². The average Bonchev–Trinajstić information content (AvgIpc) is 2.66. The zero-order valence-electron chi connectivity index (χ0n) is 17.0. The SMILES string of the molecule is C=CC(=O)CCCN(CCC)c1nc(OCCC)nc(CC)c1CCC. The van der Waals surface area contributed by atoms with Gasteiger partial charge in [-0.1, -0.05) is 40.7 Å². The standard InChI is InChI=1S/C21H35N3O2/c1-6-12-18-19(10-5)22-21(26-16-8-3)23-20(18)24(14-7-2)15-11-13-17(25)9-4/h9H,4,6-8,10-16H2,1-3,5H3. The Morgan fingerprint density at radius 2 is 1.88 bits per heavy atom. The molecule has 0 saturated heterocycles. The first-order valence-electron chi connectivity index (χ1n) is 10.0. The third-order valence-electron chi connectivity index (χ3n) is 4.19. The summed E-state index contributed by atoms with van der Waals surface area (Å²) in [6.07, 6.45) is 7.55. The van der Waals surface area contributed by atoms with Crippen molar-refractivity contribution in [1.29, 1.82) is 0 Å². The van der Waals surface area contributed by atoms with E-state index in [0.717, 1.165) is 63.1 Å². The third kappa shape index (κ3) is 6.77. The van der Waals surface area contributed by atoms with Crippen molar-refractivity contribution in [2.75, 3.05) is 24.6 Å². The molecule has 0 aliphatic rings. The van der Waals surface area contributed by atoms with Gasteiger partial charge in [-0.3, -0.25) is 4.79 Å². The largest absolute Gasteiger partial charge is 0.463 e. The molecule has 0 unspecified atom stereocenters. The zero-order chi connectivity index (χ0) is 19.4. The van der Waals surface area contributed by atoms with Crippen molar-refractivity contribution in [3.63, 3.8) is 0 Å². The summed E-state index contributed by atoms with van der Waals surface area (Å²) in [5.41, 5.74) is 2.30. The van der Waals surface area contributed by atoms with E-state index in [-0.39, 0.29) is 5.78 Å². The van der Waals surface area contributed by atoms with E-state index in [1.807, 2.05) is 0 Å². The van der Waals surface area contributed by atoms with Crippen molar-refractivity contribution in [3.8, 4) is 6.01 Å². The fraction of sp³-hybridized carbons (Fsp3) is 0.667. The maximum atomic E-state index is 11.5. The monoisotopic (exact) mass is 361 g/mol. The summed E-state index contributed by atoms with van der Waals surface area (Å²) in [6, 6.07) is 0.474. The highest BCUT2D eigenvalue weighted by molar-refractivity contribution is 5.88. The van der Waals surface area contributed by atoms with Gasteiger partial charge < -0.3 is 9.64 Å². The molecule has 1 aromatic rings. The van der Waals surface area contributed by atoms with Crippen molar-refractivity contribution < 1.29 is 9.53 Å². The number of hydrogen-bond donors (Lipinski definition) is 0. The van der Waals surface area contributed by atoms with Gasteiger partial charge >= 0.3 is 6.01 Å². The second-order valence-corrected chi connectivity index (χ2v) is 6.47. The lowest BCUT2D eigenvalue weighted by Crippen LogP contribution is -2.29. The number of carbonyl (C=O) groups is 1. The van der Waals surface area contributed by atoms with Crippen LogP contribution >= 0.6 is 0 Å². The number of hydrogen-bond acceptors (Lipinski definition) is 5. The minimum atomic E-state index is 0.0964. The first-order chi connectivity index (χ1) is 12.6. The molecule has 26 heavy (non-hydrogen) atoms. The Labute approximate surface area is 158 Å². The van der Waals surface area contributed by atoms with Gasteiger partial charge in [-0.15, -0.1) is 0 Å². The quantitative estimate of drug-likeness (QED) is 0.456. The molecule has 0 atom stereocenters. The molecule has 0 radical (unpaired) electrons. The Bertz CT molecular complexity index is 573. The fourth-order valence-corrected chi connectivity index (χ4v) is 2.95. The predicted molar refractivity (Wildman–Crippen MR) is 108 cm³/mol. The number of ether oxygens (including phenoxy) is 1. The van der Waals surface area contributed by atoms with Gasteiger partial charge in [0.2, 0.25) is 0 Å². The molecule has 1 aromatic heterocycles. The highest BCUT2D eigenvalue weighted by Crippen LogP contribution is 2.26. The van der Waals surface area contributed by atoms with Crippen LogP contribution in [0.2, 0.25) is 0 Å². The molecule has 0 amide bonds. The molecule has 0 bridgehead atoms. The average molecular weight is 362 g/mol. The van der Waals surface area contributed by atoms with Crippen LogP contribution in [0.25, 0.3) is 0 Å². The van der Waals surface area contributed by atoms with Crippen LogP contribution in [0.5, 0.6) is 6.01 Å². The summed E-state index contributed by atoms with van der Waals surface area (Å²) in [5, 5.41) is 0. The van der Waals surface area contributed by atoms with Gasteiger partial charge in [0.05, 0.1) is 12.3 Å². The number of carbonyl (C=O) groups excluding carboxylic acids is 1. The van der Waals surface area contributed by atoms with Crippen molar-refractivity contribution in [2.24, 2.45) is 0 Å². The topological polar surface area (TPSA) is 55.3 Å². The van der Waals surface area contributed by atoms with Gasteiger partial charge in [-0.25, -0.2) is 0 Å². The van der Waals surface area contributed by atoms with Crippen LogP contribution in [-0.4, -0.2) is 35.4 Å². The summed E-state index contributed by atoms with van der Waals surface area (Å²) in [6.45, 7) is 14.4. The number of anilines is 1. The van der Waals surface area contributed by atoms with Crippen LogP contribution < -0.4 is 9.64 Å². The van der Waals surface area contributed by atoms with E-state index in [0.29, 0.717) is 19.0 Å². The van der Waals surface area contributed by atoms with Crippen LogP contribution in [0.15, 0.2) is 12.7 Å². The van der Waals surface area contributed by atoms with Gasteiger partial charge in [0.15, 0.2) is 5.78 Å².